The Balaban J connectivity index is 3.25. The van der Waals surface area contributed by atoms with Gasteiger partial charge in [-0.3, -0.25) is 9.36 Å². The van der Waals surface area contributed by atoms with Crippen LogP contribution in [0.5, 0.6) is 0 Å². The molecular formula is C11H10F3NO3. The van der Waals surface area contributed by atoms with Gasteiger partial charge in [0.15, 0.2) is 6.04 Å². The molecule has 1 heterocycles. The van der Waals surface area contributed by atoms with Crippen molar-refractivity contribution in [3.63, 3.8) is 0 Å². The second-order valence-corrected chi connectivity index (χ2v) is 3.36. The number of carbonyl (C=O) groups is 1. The zero-order valence-electron chi connectivity index (χ0n) is 9.40. The number of hydrogen-bond donors (Lipinski definition) is 0. The molecule has 0 aliphatic carbocycles. The molecule has 1 atom stereocenters. The van der Waals surface area contributed by atoms with Gasteiger partial charge in [-0.25, -0.2) is 4.79 Å². The van der Waals surface area contributed by atoms with E-state index in [0.29, 0.717) is 12.1 Å². The van der Waals surface area contributed by atoms with Crippen LogP contribution in [0.15, 0.2) is 35.8 Å². The van der Waals surface area contributed by atoms with Crippen molar-refractivity contribution in [2.24, 2.45) is 0 Å². The first kappa shape index (κ1) is 14.0. The van der Waals surface area contributed by atoms with Crippen molar-refractivity contribution in [1.29, 1.82) is 0 Å². The number of rotatable bonds is 3. The van der Waals surface area contributed by atoms with Crippen molar-refractivity contribution in [3.8, 4) is 0 Å². The predicted molar refractivity (Wildman–Crippen MR) is 57.0 cm³/mol. The van der Waals surface area contributed by atoms with Gasteiger partial charge in [0.05, 0.1) is 12.7 Å². The van der Waals surface area contributed by atoms with E-state index in [0.717, 1.165) is 23.9 Å². The summed E-state index contributed by atoms with van der Waals surface area (Å²) in [6.45, 7) is 3.34. The van der Waals surface area contributed by atoms with Crippen molar-refractivity contribution in [2.75, 3.05) is 7.11 Å². The zero-order valence-corrected chi connectivity index (χ0v) is 9.40. The minimum absolute atomic E-state index is 0.416. The van der Waals surface area contributed by atoms with Gasteiger partial charge < -0.3 is 4.74 Å². The number of esters is 1. The Morgan fingerprint density at radius 3 is 2.56 bits per heavy atom. The monoisotopic (exact) mass is 261 g/mol. The van der Waals surface area contributed by atoms with Gasteiger partial charge in [0.25, 0.3) is 5.56 Å². The third-order valence-corrected chi connectivity index (χ3v) is 2.24. The fourth-order valence-electron chi connectivity index (χ4n) is 1.34. The molecule has 18 heavy (non-hydrogen) atoms. The van der Waals surface area contributed by atoms with E-state index in [1.165, 1.54) is 0 Å². The fraction of sp³-hybridized carbons (Fsp3) is 0.273. The lowest BCUT2D eigenvalue weighted by Gasteiger charge is -2.14. The van der Waals surface area contributed by atoms with E-state index in [9.17, 15) is 22.8 Å². The molecule has 1 aromatic rings. The zero-order chi connectivity index (χ0) is 13.9. The van der Waals surface area contributed by atoms with Crippen LogP contribution in [0.25, 0.3) is 0 Å². The first-order valence-corrected chi connectivity index (χ1v) is 4.81. The molecule has 0 radical (unpaired) electrons. The molecule has 0 aliphatic rings. The second kappa shape index (κ2) is 5.07. The number of pyridine rings is 1. The number of carbonyl (C=O) groups excluding carboxylic acids is 1. The number of halogens is 3. The van der Waals surface area contributed by atoms with Crippen LogP contribution >= 0.6 is 0 Å². The Kier molecular flexibility index (Phi) is 3.95. The Morgan fingerprint density at radius 2 is 2.17 bits per heavy atom. The first-order chi connectivity index (χ1) is 8.31. The summed E-state index contributed by atoms with van der Waals surface area (Å²) < 4.78 is 42.3. The highest BCUT2D eigenvalue weighted by atomic mass is 19.4. The number of aromatic nitrogens is 1. The number of ether oxygens (including phenoxy) is 1. The summed E-state index contributed by atoms with van der Waals surface area (Å²) in [6, 6.07) is -0.0231. The van der Waals surface area contributed by atoms with Crippen LogP contribution < -0.4 is 5.56 Å². The van der Waals surface area contributed by atoms with Gasteiger partial charge in [-0.2, -0.15) is 13.2 Å². The van der Waals surface area contributed by atoms with Crippen molar-refractivity contribution >= 4 is 5.97 Å². The van der Waals surface area contributed by atoms with E-state index in [1.807, 2.05) is 0 Å². The largest absolute Gasteiger partial charge is 0.467 e. The Morgan fingerprint density at radius 1 is 1.56 bits per heavy atom. The van der Waals surface area contributed by atoms with Crippen LogP contribution in [-0.4, -0.2) is 17.6 Å². The molecule has 0 aromatic carbocycles. The summed E-state index contributed by atoms with van der Waals surface area (Å²) >= 11 is 0. The number of hydrogen-bond acceptors (Lipinski definition) is 3. The van der Waals surface area contributed by atoms with Crippen molar-refractivity contribution in [3.05, 3.63) is 46.9 Å². The van der Waals surface area contributed by atoms with Crippen LogP contribution in [0.4, 0.5) is 13.2 Å². The molecule has 0 saturated heterocycles. The van der Waals surface area contributed by atoms with Gasteiger partial charge in [0, 0.05) is 12.3 Å². The van der Waals surface area contributed by atoms with E-state index >= 15 is 0 Å². The van der Waals surface area contributed by atoms with Crippen LogP contribution in [0, 0.1) is 0 Å². The maximum absolute atomic E-state index is 12.3. The Labute approximate surface area is 100 Å². The molecule has 0 aliphatic heterocycles. The average molecular weight is 261 g/mol. The molecule has 1 aromatic heterocycles. The molecule has 0 saturated carbocycles. The molecule has 0 N–H and O–H groups in total. The van der Waals surface area contributed by atoms with Crippen molar-refractivity contribution in [1.82, 2.24) is 4.57 Å². The Hall–Kier alpha value is -2.05. The number of nitrogens with zero attached hydrogens (tertiary/aromatic N) is 1. The van der Waals surface area contributed by atoms with E-state index in [1.54, 1.807) is 0 Å². The van der Waals surface area contributed by atoms with Crippen LogP contribution in [0.2, 0.25) is 0 Å². The molecule has 1 rings (SSSR count). The fourth-order valence-corrected chi connectivity index (χ4v) is 1.34. The first-order valence-electron chi connectivity index (χ1n) is 4.81. The quantitative estimate of drug-likeness (QED) is 0.615. The molecule has 98 valence electrons. The molecular weight excluding hydrogens is 251 g/mol. The van der Waals surface area contributed by atoms with E-state index in [-0.39, 0.29) is 0 Å². The predicted octanol–water partition coefficient (Wildman–Crippen LogP) is 1.77. The third kappa shape index (κ3) is 2.79. The van der Waals surface area contributed by atoms with Gasteiger partial charge in [-0.15, -0.1) is 6.58 Å². The molecule has 4 nitrogen and oxygen atoms in total. The van der Waals surface area contributed by atoms with Crippen LogP contribution in [-0.2, 0) is 15.7 Å². The minimum Gasteiger partial charge on any atom is -0.467 e. The average Bonchev–Trinajstić information content (AvgIpc) is 2.30. The molecule has 0 fully saturated rings. The summed E-state index contributed by atoms with van der Waals surface area (Å²) in [5.41, 5.74) is -2.03. The second-order valence-electron chi connectivity index (χ2n) is 3.36. The Bertz CT molecular complexity index is 519. The van der Waals surface area contributed by atoms with Gasteiger partial charge >= 0.3 is 12.1 Å². The lowest BCUT2D eigenvalue weighted by Crippen LogP contribution is -2.29. The van der Waals surface area contributed by atoms with Gasteiger partial charge in [0.1, 0.15) is 0 Å². The van der Waals surface area contributed by atoms with E-state index < -0.39 is 29.3 Å². The topological polar surface area (TPSA) is 48.3 Å². The summed E-state index contributed by atoms with van der Waals surface area (Å²) in [6.07, 6.45) is -2.61. The highest BCUT2D eigenvalue weighted by Crippen LogP contribution is 2.27. The van der Waals surface area contributed by atoms with E-state index in [2.05, 4.69) is 11.3 Å². The van der Waals surface area contributed by atoms with Crippen molar-refractivity contribution < 1.29 is 22.7 Å². The highest BCUT2D eigenvalue weighted by Gasteiger charge is 2.31. The summed E-state index contributed by atoms with van der Waals surface area (Å²) in [4.78, 5) is 22.8. The number of methoxy groups -OCH3 is 1. The van der Waals surface area contributed by atoms with Gasteiger partial charge in [-0.05, 0) is 6.07 Å². The SMILES string of the molecule is C=CC(C(=O)OC)n1ccc(C(F)(F)F)cc1=O. The lowest BCUT2D eigenvalue weighted by atomic mass is 10.2. The van der Waals surface area contributed by atoms with E-state index in [4.69, 9.17) is 0 Å². The third-order valence-electron chi connectivity index (χ3n) is 2.24. The normalized spacial score (nSPS) is 12.9. The van der Waals surface area contributed by atoms with Crippen LogP contribution in [0.3, 0.4) is 0 Å². The highest BCUT2D eigenvalue weighted by molar-refractivity contribution is 5.76. The van der Waals surface area contributed by atoms with Crippen LogP contribution in [0.1, 0.15) is 11.6 Å². The molecule has 0 spiro atoms. The summed E-state index contributed by atoms with van der Waals surface area (Å²) in [7, 11) is 1.11. The van der Waals surface area contributed by atoms with Gasteiger partial charge in [0.2, 0.25) is 0 Å². The van der Waals surface area contributed by atoms with Gasteiger partial charge in [-0.1, -0.05) is 6.08 Å². The molecule has 0 bridgehead atoms. The standard InChI is InChI=1S/C11H10F3NO3/c1-3-8(10(17)18-2)15-5-4-7(6-9(15)16)11(12,13)14/h3-6,8H,1H2,2H3. The number of alkyl halides is 3. The molecule has 7 heteroatoms. The molecule has 0 amide bonds. The smallest absolute Gasteiger partial charge is 0.416 e. The van der Waals surface area contributed by atoms with Crippen molar-refractivity contribution in [2.45, 2.75) is 12.2 Å². The maximum Gasteiger partial charge on any atom is 0.416 e. The maximum atomic E-state index is 12.3. The summed E-state index contributed by atoms with van der Waals surface area (Å²) in [5, 5.41) is 0. The molecule has 1 unspecified atom stereocenters. The lowest BCUT2D eigenvalue weighted by molar-refractivity contribution is -0.143. The minimum atomic E-state index is -4.60. The summed E-state index contributed by atoms with van der Waals surface area (Å²) in [5.74, 6) is -0.785.